The molecule has 0 spiro atoms. The first kappa shape index (κ1) is 13.3. The summed E-state index contributed by atoms with van der Waals surface area (Å²) in [5.41, 5.74) is 0. The molecule has 2 rings (SSSR count). The van der Waals surface area contributed by atoms with E-state index in [-0.39, 0.29) is 30.6 Å². The van der Waals surface area contributed by atoms with Gasteiger partial charge >= 0.3 is 5.97 Å². The van der Waals surface area contributed by atoms with E-state index >= 15 is 0 Å². The van der Waals surface area contributed by atoms with Crippen molar-refractivity contribution in [1.82, 2.24) is 4.90 Å². The molecular weight excluding hydrogens is 238 g/mol. The van der Waals surface area contributed by atoms with Crippen LogP contribution in [-0.4, -0.2) is 59.9 Å². The van der Waals surface area contributed by atoms with E-state index < -0.39 is 12.1 Å². The minimum absolute atomic E-state index is 0.00477. The van der Waals surface area contributed by atoms with Crippen LogP contribution in [0, 0.1) is 5.92 Å². The number of hydrogen-bond acceptors (Lipinski definition) is 4. The van der Waals surface area contributed by atoms with Crippen LogP contribution in [0.4, 0.5) is 0 Å². The van der Waals surface area contributed by atoms with Crippen molar-refractivity contribution in [3.8, 4) is 0 Å². The fraction of sp³-hybridized carbons (Fsp3) is 0.833. The highest BCUT2D eigenvalue weighted by molar-refractivity contribution is 5.83. The van der Waals surface area contributed by atoms with Gasteiger partial charge in [0.05, 0.1) is 24.7 Å². The van der Waals surface area contributed by atoms with Crippen LogP contribution in [0.1, 0.15) is 20.3 Å². The van der Waals surface area contributed by atoms with Gasteiger partial charge in [0.15, 0.2) is 6.10 Å². The third kappa shape index (κ3) is 2.81. The van der Waals surface area contributed by atoms with Gasteiger partial charge in [-0.1, -0.05) is 0 Å². The molecule has 0 bridgehead atoms. The molecule has 1 aliphatic heterocycles. The molecule has 102 valence electrons. The predicted molar refractivity (Wildman–Crippen MR) is 62.1 cm³/mol. The highest BCUT2D eigenvalue weighted by Gasteiger charge is 2.47. The first-order valence-corrected chi connectivity index (χ1v) is 6.31. The van der Waals surface area contributed by atoms with E-state index in [4.69, 9.17) is 14.6 Å². The minimum atomic E-state index is -1.02. The van der Waals surface area contributed by atoms with Crippen LogP contribution in [0.2, 0.25) is 0 Å². The number of carboxylic acid groups (broad SMARTS) is 1. The van der Waals surface area contributed by atoms with Crippen molar-refractivity contribution in [2.75, 3.05) is 19.7 Å². The molecule has 2 aliphatic rings. The number of hydrogen-bond donors (Lipinski definition) is 1. The Labute approximate surface area is 106 Å². The molecular formula is C12H19NO5. The molecule has 1 N–H and O–H groups in total. The molecule has 4 atom stereocenters. The highest BCUT2D eigenvalue weighted by atomic mass is 16.5. The Morgan fingerprint density at radius 2 is 2.17 bits per heavy atom. The lowest BCUT2D eigenvalue weighted by atomic mass is 10.2. The van der Waals surface area contributed by atoms with Crippen molar-refractivity contribution in [2.45, 2.75) is 38.6 Å². The van der Waals surface area contributed by atoms with Gasteiger partial charge in [0.2, 0.25) is 5.91 Å². The van der Waals surface area contributed by atoms with E-state index in [1.54, 1.807) is 11.8 Å². The zero-order valence-electron chi connectivity index (χ0n) is 10.7. The molecule has 1 heterocycles. The zero-order valence-corrected chi connectivity index (χ0v) is 10.7. The van der Waals surface area contributed by atoms with Crippen molar-refractivity contribution < 1.29 is 24.2 Å². The third-order valence-corrected chi connectivity index (χ3v) is 3.28. The van der Waals surface area contributed by atoms with Crippen molar-refractivity contribution in [1.29, 1.82) is 0 Å². The Hall–Kier alpha value is -1.14. The summed E-state index contributed by atoms with van der Waals surface area (Å²) in [6.07, 6.45) is -0.394. The molecule has 0 aromatic heterocycles. The number of carboxylic acids is 1. The number of aliphatic carboxylic acids is 1. The van der Waals surface area contributed by atoms with E-state index in [9.17, 15) is 9.59 Å². The summed E-state index contributed by atoms with van der Waals surface area (Å²) in [6, 6.07) is 0. The molecule has 6 nitrogen and oxygen atoms in total. The van der Waals surface area contributed by atoms with Gasteiger partial charge in [0, 0.05) is 13.2 Å². The maximum atomic E-state index is 12.2. The van der Waals surface area contributed by atoms with E-state index in [1.165, 1.54) is 0 Å². The Morgan fingerprint density at radius 1 is 1.44 bits per heavy atom. The van der Waals surface area contributed by atoms with Crippen LogP contribution >= 0.6 is 0 Å². The monoisotopic (exact) mass is 257 g/mol. The first-order chi connectivity index (χ1) is 8.52. The number of carbonyl (C=O) groups excluding carboxylic acids is 1. The number of amides is 1. The average molecular weight is 257 g/mol. The van der Waals surface area contributed by atoms with Gasteiger partial charge < -0.3 is 19.5 Å². The quantitative estimate of drug-likeness (QED) is 0.773. The summed E-state index contributed by atoms with van der Waals surface area (Å²) in [5, 5.41) is 8.96. The van der Waals surface area contributed by atoms with Crippen molar-refractivity contribution in [3.05, 3.63) is 0 Å². The van der Waals surface area contributed by atoms with E-state index in [0.29, 0.717) is 13.2 Å². The van der Waals surface area contributed by atoms with Crippen molar-refractivity contribution >= 4 is 11.9 Å². The number of rotatable bonds is 4. The third-order valence-electron chi connectivity index (χ3n) is 3.28. The fourth-order valence-corrected chi connectivity index (χ4v) is 2.33. The van der Waals surface area contributed by atoms with Crippen molar-refractivity contribution in [3.63, 3.8) is 0 Å². The summed E-state index contributed by atoms with van der Waals surface area (Å²) in [5.74, 6) is -1.11. The lowest BCUT2D eigenvalue weighted by Gasteiger charge is -2.35. The van der Waals surface area contributed by atoms with Crippen LogP contribution in [0.3, 0.4) is 0 Å². The zero-order chi connectivity index (χ0) is 13.3. The summed E-state index contributed by atoms with van der Waals surface area (Å²) in [6.45, 7) is 4.87. The molecule has 1 amide bonds. The summed E-state index contributed by atoms with van der Waals surface area (Å²) in [4.78, 5) is 24.7. The molecule has 0 aromatic rings. The number of ether oxygens (including phenoxy) is 2. The summed E-state index contributed by atoms with van der Waals surface area (Å²) in [7, 11) is 0. The van der Waals surface area contributed by atoms with Gasteiger partial charge in [-0.2, -0.15) is 0 Å². The van der Waals surface area contributed by atoms with Crippen molar-refractivity contribution in [2.24, 2.45) is 5.92 Å². The van der Waals surface area contributed by atoms with Crippen LogP contribution in [0.25, 0.3) is 0 Å². The molecule has 0 radical (unpaired) electrons. The van der Waals surface area contributed by atoms with Crippen LogP contribution in [0.5, 0.6) is 0 Å². The second-order valence-corrected chi connectivity index (χ2v) is 4.85. The van der Waals surface area contributed by atoms with Gasteiger partial charge in [-0.25, -0.2) is 4.79 Å². The topological polar surface area (TPSA) is 76.1 Å². The first-order valence-electron chi connectivity index (χ1n) is 6.31. The summed E-state index contributed by atoms with van der Waals surface area (Å²) >= 11 is 0. The predicted octanol–water partition coefficient (Wildman–Crippen LogP) is 0.112. The van der Waals surface area contributed by atoms with Crippen LogP contribution in [-0.2, 0) is 19.1 Å². The van der Waals surface area contributed by atoms with Gasteiger partial charge in [-0.3, -0.25) is 4.79 Å². The molecule has 1 aliphatic carbocycles. The molecule has 2 fully saturated rings. The molecule has 0 aromatic carbocycles. The van der Waals surface area contributed by atoms with E-state index in [2.05, 4.69) is 0 Å². The smallest absolute Gasteiger partial charge is 0.334 e. The lowest BCUT2D eigenvalue weighted by molar-refractivity contribution is -0.167. The Kier molecular flexibility index (Phi) is 3.87. The van der Waals surface area contributed by atoms with Gasteiger partial charge in [-0.05, 0) is 20.3 Å². The molecule has 18 heavy (non-hydrogen) atoms. The van der Waals surface area contributed by atoms with Gasteiger partial charge in [0.1, 0.15) is 0 Å². The normalized spacial score (nSPS) is 35.3. The largest absolute Gasteiger partial charge is 0.479 e. The molecule has 3 unspecified atom stereocenters. The fourth-order valence-electron chi connectivity index (χ4n) is 2.33. The highest BCUT2D eigenvalue weighted by Crippen LogP contribution is 2.36. The van der Waals surface area contributed by atoms with Gasteiger partial charge in [0.25, 0.3) is 0 Å². The van der Waals surface area contributed by atoms with Crippen LogP contribution < -0.4 is 0 Å². The SMILES string of the molecule is CCOC1CC1C(=O)N1CC(C(=O)O)O[C@H](C)C1. The Morgan fingerprint density at radius 3 is 2.78 bits per heavy atom. The second kappa shape index (κ2) is 5.24. The second-order valence-electron chi connectivity index (χ2n) is 4.85. The maximum Gasteiger partial charge on any atom is 0.334 e. The molecule has 1 saturated carbocycles. The van der Waals surface area contributed by atoms with E-state index in [0.717, 1.165) is 6.42 Å². The van der Waals surface area contributed by atoms with Gasteiger partial charge in [-0.15, -0.1) is 0 Å². The number of nitrogens with zero attached hydrogens (tertiary/aromatic N) is 1. The summed E-state index contributed by atoms with van der Waals surface area (Å²) < 4.78 is 10.7. The maximum absolute atomic E-state index is 12.2. The standard InChI is InChI=1S/C12H19NO5/c1-3-17-9-4-8(9)11(14)13-5-7(2)18-10(6-13)12(15)16/h7-10H,3-6H2,1-2H3,(H,15,16)/t7-,8?,9?,10?/m1/s1. The average Bonchev–Trinajstić information content (AvgIpc) is 3.07. The Bertz CT molecular complexity index is 345. The Balaban J connectivity index is 1.92. The minimum Gasteiger partial charge on any atom is -0.479 e. The lowest BCUT2D eigenvalue weighted by Crippen LogP contribution is -2.52. The van der Waals surface area contributed by atoms with E-state index in [1.807, 2.05) is 6.92 Å². The van der Waals surface area contributed by atoms with Crippen LogP contribution in [0.15, 0.2) is 0 Å². The number of carbonyl (C=O) groups is 2. The number of morpholine rings is 1. The molecule has 1 saturated heterocycles. The molecule has 6 heteroatoms.